The fourth-order valence-corrected chi connectivity index (χ4v) is 1.86. The number of nitrogen functional groups attached to an aromatic ring is 1. The smallest absolute Gasteiger partial charge is 0.260 e. The molecule has 0 bridgehead atoms. The zero-order chi connectivity index (χ0) is 15.2. The molecule has 0 aliphatic heterocycles. The molecule has 0 saturated heterocycles. The van der Waals surface area contributed by atoms with Crippen LogP contribution >= 0.6 is 0 Å². The summed E-state index contributed by atoms with van der Waals surface area (Å²) < 4.78 is 18.5. The van der Waals surface area contributed by atoms with E-state index in [2.05, 4.69) is 0 Å². The lowest BCUT2D eigenvalue weighted by atomic mass is 10.2. The van der Waals surface area contributed by atoms with E-state index in [1.807, 2.05) is 0 Å². The topological polar surface area (TPSA) is 55.6 Å². The van der Waals surface area contributed by atoms with Gasteiger partial charge < -0.3 is 15.4 Å². The molecule has 0 atom stereocenters. The Hall–Kier alpha value is -2.56. The normalized spacial score (nSPS) is 10.2. The number of anilines is 1. The molecule has 4 nitrogen and oxygen atoms in total. The molecular formula is C16H17FN2O2. The second-order valence-corrected chi connectivity index (χ2v) is 4.74. The maximum absolute atomic E-state index is 13.1. The van der Waals surface area contributed by atoms with Crippen LogP contribution in [0.15, 0.2) is 48.5 Å². The molecule has 2 aromatic carbocycles. The molecule has 5 heteroatoms. The molecule has 0 heterocycles. The van der Waals surface area contributed by atoms with E-state index in [1.165, 1.54) is 17.0 Å². The molecule has 110 valence electrons. The Morgan fingerprint density at radius 2 is 2.00 bits per heavy atom. The molecule has 1 amide bonds. The summed E-state index contributed by atoms with van der Waals surface area (Å²) in [6, 6.07) is 13.0. The van der Waals surface area contributed by atoms with Crippen molar-refractivity contribution in [3.8, 4) is 5.75 Å². The van der Waals surface area contributed by atoms with Crippen LogP contribution in [-0.2, 0) is 11.3 Å². The molecule has 0 unspecified atom stereocenters. The third-order valence-corrected chi connectivity index (χ3v) is 2.95. The number of amides is 1. The van der Waals surface area contributed by atoms with E-state index in [4.69, 9.17) is 10.5 Å². The molecule has 0 aliphatic carbocycles. The van der Waals surface area contributed by atoms with Crippen LogP contribution in [0.25, 0.3) is 0 Å². The number of rotatable bonds is 5. The highest BCUT2D eigenvalue weighted by molar-refractivity contribution is 5.77. The Balaban J connectivity index is 1.88. The Labute approximate surface area is 122 Å². The van der Waals surface area contributed by atoms with Crippen molar-refractivity contribution in [2.45, 2.75) is 6.54 Å². The summed E-state index contributed by atoms with van der Waals surface area (Å²) in [7, 11) is 1.65. The van der Waals surface area contributed by atoms with E-state index >= 15 is 0 Å². The number of carbonyl (C=O) groups excluding carboxylic acids is 1. The van der Waals surface area contributed by atoms with Crippen molar-refractivity contribution in [1.82, 2.24) is 4.90 Å². The summed E-state index contributed by atoms with van der Waals surface area (Å²) in [4.78, 5) is 13.5. The van der Waals surface area contributed by atoms with Crippen LogP contribution in [0.5, 0.6) is 5.75 Å². The predicted octanol–water partition coefficient (Wildman–Crippen LogP) is 2.45. The molecule has 2 aromatic rings. The van der Waals surface area contributed by atoms with Gasteiger partial charge in [-0.1, -0.05) is 18.2 Å². The SMILES string of the molecule is CN(Cc1cccc(F)c1)C(=O)COc1cccc(N)c1. The number of carbonyl (C=O) groups is 1. The third kappa shape index (κ3) is 4.49. The summed E-state index contributed by atoms with van der Waals surface area (Å²) in [5, 5.41) is 0. The van der Waals surface area contributed by atoms with Crippen molar-refractivity contribution in [2.24, 2.45) is 0 Å². The molecule has 2 rings (SSSR count). The second-order valence-electron chi connectivity index (χ2n) is 4.74. The zero-order valence-electron chi connectivity index (χ0n) is 11.8. The molecule has 2 N–H and O–H groups in total. The van der Waals surface area contributed by atoms with E-state index in [0.29, 0.717) is 18.0 Å². The van der Waals surface area contributed by atoms with Crippen molar-refractivity contribution in [3.63, 3.8) is 0 Å². The minimum absolute atomic E-state index is 0.0880. The van der Waals surface area contributed by atoms with Gasteiger partial charge >= 0.3 is 0 Å². The highest BCUT2D eigenvalue weighted by Gasteiger charge is 2.10. The van der Waals surface area contributed by atoms with E-state index in [0.717, 1.165) is 5.56 Å². The molecule has 21 heavy (non-hydrogen) atoms. The quantitative estimate of drug-likeness (QED) is 0.860. The minimum Gasteiger partial charge on any atom is -0.484 e. The number of ether oxygens (including phenoxy) is 1. The molecule has 0 aliphatic rings. The first-order valence-corrected chi connectivity index (χ1v) is 6.51. The van der Waals surface area contributed by atoms with Gasteiger partial charge in [-0.25, -0.2) is 4.39 Å². The number of likely N-dealkylation sites (N-methyl/N-ethyl adjacent to an activating group) is 1. The van der Waals surface area contributed by atoms with Crippen molar-refractivity contribution >= 4 is 11.6 Å². The fourth-order valence-electron chi connectivity index (χ4n) is 1.86. The van der Waals surface area contributed by atoms with Crippen LogP contribution in [0.1, 0.15) is 5.56 Å². The van der Waals surface area contributed by atoms with Crippen LogP contribution in [0.4, 0.5) is 10.1 Å². The van der Waals surface area contributed by atoms with Gasteiger partial charge in [0.05, 0.1) is 0 Å². The Kier molecular flexibility index (Phi) is 4.77. The predicted molar refractivity (Wildman–Crippen MR) is 79.2 cm³/mol. The molecule has 0 spiro atoms. The van der Waals surface area contributed by atoms with Gasteiger partial charge in [-0.3, -0.25) is 4.79 Å². The van der Waals surface area contributed by atoms with Crippen LogP contribution < -0.4 is 10.5 Å². The summed E-state index contributed by atoms with van der Waals surface area (Å²) >= 11 is 0. The Morgan fingerprint density at radius 3 is 2.71 bits per heavy atom. The largest absolute Gasteiger partial charge is 0.484 e. The number of benzene rings is 2. The number of nitrogens with zero attached hydrogens (tertiary/aromatic N) is 1. The first kappa shape index (κ1) is 14.8. The van der Waals surface area contributed by atoms with Gasteiger partial charge in [0, 0.05) is 25.3 Å². The summed E-state index contributed by atoms with van der Waals surface area (Å²) in [5.41, 5.74) is 6.94. The van der Waals surface area contributed by atoms with E-state index in [1.54, 1.807) is 43.4 Å². The minimum atomic E-state index is -0.315. The van der Waals surface area contributed by atoms with Gasteiger partial charge in [0.25, 0.3) is 5.91 Å². The van der Waals surface area contributed by atoms with Crippen molar-refractivity contribution < 1.29 is 13.9 Å². The third-order valence-electron chi connectivity index (χ3n) is 2.95. The molecule has 0 radical (unpaired) electrons. The molecule has 0 aromatic heterocycles. The summed E-state index contributed by atoms with van der Waals surface area (Å²) in [6.07, 6.45) is 0. The zero-order valence-corrected chi connectivity index (χ0v) is 11.8. The molecule has 0 saturated carbocycles. The number of hydrogen-bond acceptors (Lipinski definition) is 3. The van der Waals surface area contributed by atoms with Crippen LogP contribution in [-0.4, -0.2) is 24.5 Å². The van der Waals surface area contributed by atoms with Gasteiger partial charge in [0.2, 0.25) is 0 Å². The monoisotopic (exact) mass is 288 g/mol. The Morgan fingerprint density at radius 1 is 1.24 bits per heavy atom. The summed E-state index contributed by atoms with van der Waals surface area (Å²) in [5.74, 6) is 0.0357. The van der Waals surface area contributed by atoms with Crippen LogP contribution in [0.2, 0.25) is 0 Å². The Bertz CT molecular complexity index is 631. The van der Waals surface area contributed by atoms with Gasteiger partial charge in [-0.05, 0) is 29.8 Å². The summed E-state index contributed by atoms with van der Waals surface area (Å²) in [6.45, 7) is 0.242. The van der Waals surface area contributed by atoms with E-state index in [-0.39, 0.29) is 18.3 Å². The average Bonchev–Trinajstić information content (AvgIpc) is 2.45. The first-order chi connectivity index (χ1) is 10.0. The average molecular weight is 288 g/mol. The van der Waals surface area contributed by atoms with Crippen molar-refractivity contribution in [1.29, 1.82) is 0 Å². The van der Waals surface area contributed by atoms with E-state index < -0.39 is 0 Å². The fraction of sp³-hybridized carbons (Fsp3) is 0.188. The number of hydrogen-bond donors (Lipinski definition) is 1. The maximum Gasteiger partial charge on any atom is 0.260 e. The highest BCUT2D eigenvalue weighted by Crippen LogP contribution is 2.14. The standard InChI is InChI=1S/C16H17FN2O2/c1-19(10-12-4-2-5-13(17)8-12)16(20)11-21-15-7-3-6-14(18)9-15/h2-9H,10-11,18H2,1H3. The number of nitrogens with two attached hydrogens (primary N) is 1. The van der Waals surface area contributed by atoms with Gasteiger partial charge in [-0.15, -0.1) is 0 Å². The molecule has 0 fully saturated rings. The van der Waals surface area contributed by atoms with Crippen molar-refractivity contribution in [3.05, 3.63) is 59.9 Å². The van der Waals surface area contributed by atoms with E-state index in [9.17, 15) is 9.18 Å². The van der Waals surface area contributed by atoms with Gasteiger partial charge in [0.1, 0.15) is 11.6 Å². The lowest BCUT2D eigenvalue weighted by Gasteiger charge is -2.17. The van der Waals surface area contributed by atoms with Crippen LogP contribution in [0.3, 0.4) is 0 Å². The highest BCUT2D eigenvalue weighted by atomic mass is 19.1. The maximum atomic E-state index is 13.1. The second kappa shape index (κ2) is 6.74. The molecular weight excluding hydrogens is 271 g/mol. The van der Waals surface area contributed by atoms with Crippen molar-refractivity contribution in [2.75, 3.05) is 19.4 Å². The first-order valence-electron chi connectivity index (χ1n) is 6.51. The van der Waals surface area contributed by atoms with Gasteiger partial charge in [-0.2, -0.15) is 0 Å². The van der Waals surface area contributed by atoms with Gasteiger partial charge in [0.15, 0.2) is 6.61 Å². The number of halogens is 1. The lowest BCUT2D eigenvalue weighted by Crippen LogP contribution is -2.31. The van der Waals surface area contributed by atoms with Crippen LogP contribution in [0, 0.1) is 5.82 Å². The lowest BCUT2D eigenvalue weighted by molar-refractivity contribution is -0.132.